The zero-order valence-corrected chi connectivity index (χ0v) is 13.0. The highest BCUT2D eigenvalue weighted by Crippen LogP contribution is 2.34. The number of hydrogen-bond acceptors (Lipinski definition) is 4. The van der Waals surface area contributed by atoms with Crippen molar-refractivity contribution in [3.05, 3.63) is 42.5 Å². The Morgan fingerprint density at radius 2 is 1.90 bits per heavy atom. The monoisotopic (exact) mass is 318 g/mol. The molecule has 0 spiro atoms. The third-order valence-corrected chi connectivity index (χ3v) is 3.99. The van der Waals surface area contributed by atoms with E-state index in [-0.39, 0.29) is 6.79 Å². The van der Waals surface area contributed by atoms with Gasteiger partial charge < -0.3 is 20.1 Å². The first-order chi connectivity index (χ1) is 10.3. The summed E-state index contributed by atoms with van der Waals surface area (Å²) < 4.78 is 10.6. The van der Waals surface area contributed by atoms with Gasteiger partial charge in [0, 0.05) is 16.6 Å². The Bertz CT molecular complexity index is 676. The zero-order chi connectivity index (χ0) is 14.7. The smallest absolute Gasteiger partial charge is 0.231 e. The number of anilines is 2. The molecule has 0 aliphatic carbocycles. The van der Waals surface area contributed by atoms with Crippen LogP contribution in [0.3, 0.4) is 0 Å². The number of thioether (sulfide) groups is 1. The van der Waals surface area contributed by atoms with E-state index in [1.807, 2.05) is 42.7 Å². The fourth-order valence-electron chi connectivity index (χ4n) is 2.01. The maximum absolute atomic E-state index is 5.35. The summed E-state index contributed by atoms with van der Waals surface area (Å²) in [6.45, 7) is 0.266. The maximum Gasteiger partial charge on any atom is 0.231 e. The minimum absolute atomic E-state index is 0.266. The standard InChI is InChI=1S/C15H14N2O2S2/c1-21-14-5-3-2-4-11(14)17-15(20)16-10-6-7-12-13(8-10)19-9-18-12/h2-8H,9H2,1H3,(H2,16,17,20). The Morgan fingerprint density at radius 3 is 2.76 bits per heavy atom. The second-order valence-corrected chi connectivity index (χ2v) is 5.60. The van der Waals surface area contributed by atoms with E-state index in [9.17, 15) is 0 Å². The van der Waals surface area contributed by atoms with Crippen LogP contribution < -0.4 is 20.1 Å². The van der Waals surface area contributed by atoms with Crippen LogP contribution in [0, 0.1) is 0 Å². The van der Waals surface area contributed by atoms with E-state index in [0.29, 0.717) is 5.11 Å². The molecular weight excluding hydrogens is 304 g/mol. The normalized spacial score (nSPS) is 12.0. The molecule has 0 fully saturated rings. The van der Waals surface area contributed by atoms with Gasteiger partial charge in [-0.25, -0.2) is 0 Å². The Hall–Kier alpha value is -1.92. The van der Waals surface area contributed by atoms with Crippen molar-refractivity contribution in [1.82, 2.24) is 0 Å². The number of para-hydroxylation sites is 1. The van der Waals surface area contributed by atoms with Crippen LogP contribution in [0.4, 0.5) is 11.4 Å². The van der Waals surface area contributed by atoms with E-state index >= 15 is 0 Å². The lowest BCUT2D eigenvalue weighted by Gasteiger charge is -2.13. The van der Waals surface area contributed by atoms with Crippen LogP contribution in [0.25, 0.3) is 0 Å². The molecule has 2 aromatic carbocycles. The van der Waals surface area contributed by atoms with Crippen LogP contribution in [0.5, 0.6) is 11.5 Å². The van der Waals surface area contributed by atoms with Gasteiger partial charge in [0.25, 0.3) is 0 Å². The number of benzene rings is 2. The van der Waals surface area contributed by atoms with Crippen molar-refractivity contribution < 1.29 is 9.47 Å². The first-order valence-corrected chi connectivity index (χ1v) is 8.00. The zero-order valence-electron chi connectivity index (χ0n) is 11.4. The summed E-state index contributed by atoms with van der Waals surface area (Å²) in [4.78, 5) is 1.15. The van der Waals surface area contributed by atoms with Crippen LogP contribution in [0.1, 0.15) is 0 Å². The van der Waals surface area contributed by atoms with Crippen molar-refractivity contribution in [2.24, 2.45) is 0 Å². The Kier molecular flexibility index (Phi) is 4.17. The molecule has 0 radical (unpaired) electrons. The molecule has 0 saturated heterocycles. The highest BCUT2D eigenvalue weighted by atomic mass is 32.2. The molecule has 2 aromatic rings. The first-order valence-electron chi connectivity index (χ1n) is 6.37. The van der Waals surface area contributed by atoms with Crippen molar-refractivity contribution in [3.8, 4) is 11.5 Å². The maximum atomic E-state index is 5.35. The van der Waals surface area contributed by atoms with Crippen LogP contribution in [0.15, 0.2) is 47.4 Å². The largest absolute Gasteiger partial charge is 0.454 e. The molecule has 4 nitrogen and oxygen atoms in total. The number of nitrogens with one attached hydrogen (secondary N) is 2. The molecule has 6 heteroatoms. The van der Waals surface area contributed by atoms with E-state index in [4.69, 9.17) is 21.7 Å². The summed E-state index contributed by atoms with van der Waals surface area (Å²) >= 11 is 7.02. The van der Waals surface area contributed by atoms with Crippen LogP contribution in [-0.2, 0) is 0 Å². The lowest BCUT2D eigenvalue weighted by atomic mass is 10.3. The van der Waals surface area contributed by atoms with E-state index in [0.717, 1.165) is 27.8 Å². The lowest BCUT2D eigenvalue weighted by Crippen LogP contribution is -2.19. The third kappa shape index (κ3) is 3.22. The van der Waals surface area contributed by atoms with Crippen LogP contribution >= 0.6 is 24.0 Å². The fourth-order valence-corrected chi connectivity index (χ4v) is 2.79. The molecule has 0 bridgehead atoms. The lowest BCUT2D eigenvalue weighted by molar-refractivity contribution is 0.174. The van der Waals surface area contributed by atoms with Crippen molar-refractivity contribution >= 4 is 40.5 Å². The van der Waals surface area contributed by atoms with Crippen molar-refractivity contribution in [1.29, 1.82) is 0 Å². The average molecular weight is 318 g/mol. The minimum Gasteiger partial charge on any atom is -0.454 e. The highest BCUT2D eigenvalue weighted by molar-refractivity contribution is 7.98. The predicted octanol–water partition coefficient (Wildman–Crippen LogP) is 3.95. The molecule has 0 atom stereocenters. The van der Waals surface area contributed by atoms with Gasteiger partial charge in [-0.05, 0) is 42.7 Å². The quantitative estimate of drug-likeness (QED) is 0.660. The van der Waals surface area contributed by atoms with Crippen LogP contribution in [0.2, 0.25) is 0 Å². The Labute approximate surface area is 132 Å². The van der Waals surface area contributed by atoms with Gasteiger partial charge in [-0.3, -0.25) is 0 Å². The van der Waals surface area contributed by atoms with Gasteiger partial charge in [-0.15, -0.1) is 11.8 Å². The van der Waals surface area contributed by atoms with Gasteiger partial charge in [0.05, 0.1) is 5.69 Å². The fraction of sp³-hybridized carbons (Fsp3) is 0.133. The molecule has 2 N–H and O–H groups in total. The molecule has 0 amide bonds. The summed E-state index contributed by atoms with van der Waals surface area (Å²) in [5, 5.41) is 6.89. The summed E-state index contributed by atoms with van der Waals surface area (Å²) in [6.07, 6.45) is 2.04. The second-order valence-electron chi connectivity index (χ2n) is 4.35. The second kappa shape index (κ2) is 6.24. The van der Waals surface area contributed by atoms with Crippen molar-refractivity contribution in [2.75, 3.05) is 23.7 Å². The number of thiocarbonyl (C=S) groups is 1. The minimum atomic E-state index is 0.266. The van der Waals surface area contributed by atoms with E-state index in [2.05, 4.69) is 16.7 Å². The third-order valence-electron chi connectivity index (χ3n) is 2.99. The van der Waals surface area contributed by atoms with Gasteiger partial charge in [0.15, 0.2) is 16.6 Å². The van der Waals surface area contributed by atoms with Crippen molar-refractivity contribution in [2.45, 2.75) is 4.90 Å². The number of hydrogen-bond donors (Lipinski definition) is 2. The molecule has 1 aliphatic rings. The SMILES string of the molecule is CSc1ccccc1NC(=S)Nc1ccc2c(c1)OCO2. The Balaban J connectivity index is 1.69. The van der Waals surface area contributed by atoms with E-state index < -0.39 is 0 Å². The predicted molar refractivity (Wildman–Crippen MR) is 90.6 cm³/mol. The van der Waals surface area contributed by atoms with Crippen LogP contribution in [-0.4, -0.2) is 18.2 Å². The van der Waals surface area contributed by atoms with Crippen molar-refractivity contribution in [3.63, 3.8) is 0 Å². The van der Waals surface area contributed by atoms with Gasteiger partial charge in [0.2, 0.25) is 6.79 Å². The Morgan fingerprint density at radius 1 is 1.10 bits per heavy atom. The topological polar surface area (TPSA) is 42.5 Å². The molecule has 1 aliphatic heterocycles. The molecule has 0 unspecified atom stereocenters. The average Bonchev–Trinajstić information content (AvgIpc) is 2.95. The van der Waals surface area contributed by atoms with Gasteiger partial charge >= 0.3 is 0 Å². The molecule has 21 heavy (non-hydrogen) atoms. The van der Waals surface area contributed by atoms with Gasteiger partial charge in [-0.1, -0.05) is 12.1 Å². The summed E-state index contributed by atoms with van der Waals surface area (Å²) in [7, 11) is 0. The first kappa shape index (κ1) is 14.0. The highest BCUT2D eigenvalue weighted by Gasteiger charge is 2.13. The molecular formula is C15H14N2O2S2. The number of fused-ring (bicyclic) bond motifs is 1. The van der Waals surface area contributed by atoms with Gasteiger partial charge in [-0.2, -0.15) is 0 Å². The summed E-state index contributed by atoms with van der Waals surface area (Å²) in [5.41, 5.74) is 1.85. The molecule has 0 aromatic heterocycles. The number of rotatable bonds is 3. The molecule has 1 heterocycles. The molecule has 0 saturated carbocycles. The summed E-state index contributed by atoms with van der Waals surface area (Å²) in [5.74, 6) is 1.49. The molecule has 3 rings (SSSR count). The van der Waals surface area contributed by atoms with E-state index in [1.165, 1.54) is 0 Å². The molecule has 108 valence electrons. The summed E-state index contributed by atoms with van der Waals surface area (Å²) in [6, 6.07) is 13.7. The number of ether oxygens (including phenoxy) is 2. The van der Waals surface area contributed by atoms with E-state index in [1.54, 1.807) is 11.8 Å². The van der Waals surface area contributed by atoms with Gasteiger partial charge in [0.1, 0.15) is 0 Å².